The van der Waals surface area contributed by atoms with Gasteiger partial charge in [0.1, 0.15) is 16.8 Å². The highest BCUT2D eigenvalue weighted by atomic mass is 16.4. The Morgan fingerprint density at radius 3 is 1.82 bits per heavy atom. The van der Waals surface area contributed by atoms with Crippen LogP contribution in [0.15, 0.2) is 0 Å². The summed E-state index contributed by atoms with van der Waals surface area (Å²) in [5.41, 5.74) is 2.47. The van der Waals surface area contributed by atoms with Gasteiger partial charge in [0.15, 0.2) is 11.5 Å². The van der Waals surface area contributed by atoms with Crippen LogP contribution in [0.1, 0.15) is 91.2 Å². The van der Waals surface area contributed by atoms with E-state index in [-0.39, 0.29) is 16.4 Å². The average Bonchev–Trinajstić information content (AvgIpc) is 3.51. The predicted octanol–water partition coefficient (Wildman–Crippen LogP) is 2.53. The first-order valence-electron chi connectivity index (χ1n) is 11.4. The van der Waals surface area contributed by atoms with Gasteiger partial charge in [-0.1, -0.05) is 31.9 Å². The number of carboxylic acid groups (broad SMARTS) is 3. The van der Waals surface area contributed by atoms with E-state index in [1.165, 1.54) is 0 Å². The molecule has 0 amide bonds. The first kappa shape index (κ1) is 27.7. The molecule has 13 heteroatoms. The number of hydrogen-bond donors (Lipinski definition) is 3. The molecular weight excluding hydrogens is 494 g/mol. The van der Waals surface area contributed by atoms with Crippen molar-refractivity contribution in [1.29, 1.82) is 0 Å². The van der Waals surface area contributed by atoms with Gasteiger partial charge in [0.2, 0.25) is 11.5 Å². The lowest BCUT2D eigenvalue weighted by atomic mass is 9.96. The van der Waals surface area contributed by atoms with E-state index < -0.39 is 34.9 Å². The van der Waals surface area contributed by atoms with E-state index in [1.807, 2.05) is 25.3 Å². The van der Waals surface area contributed by atoms with E-state index >= 15 is 0 Å². The largest absolute Gasteiger partial charge is 0.478 e. The first-order valence-corrected chi connectivity index (χ1v) is 11.4. The van der Waals surface area contributed by atoms with Crippen molar-refractivity contribution in [3.05, 3.63) is 50.5 Å². The minimum Gasteiger partial charge on any atom is -0.478 e. The Bertz CT molecular complexity index is 1790. The molecule has 0 unspecified atom stereocenters. The van der Waals surface area contributed by atoms with Crippen molar-refractivity contribution in [3.8, 4) is 0 Å². The van der Waals surface area contributed by atoms with Crippen molar-refractivity contribution < 1.29 is 29.7 Å². The summed E-state index contributed by atoms with van der Waals surface area (Å²) in [6.07, 6.45) is 0. The zero-order chi connectivity index (χ0) is 28.9. The van der Waals surface area contributed by atoms with Gasteiger partial charge in [-0.05, 0) is 34.6 Å². The van der Waals surface area contributed by atoms with Crippen LogP contribution in [0.25, 0.3) is 27.3 Å². The maximum atomic E-state index is 11.3. The van der Waals surface area contributed by atoms with Gasteiger partial charge in [-0.2, -0.15) is 5.10 Å². The van der Waals surface area contributed by atoms with Gasteiger partial charge in [0, 0.05) is 11.0 Å². The van der Waals surface area contributed by atoms with Gasteiger partial charge in [0.25, 0.3) is 0 Å². The van der Waals surface area contributed by atoms with Gasteiger partial charge in [0.05, 0.1) is 17.3 Å². The molecule has 0 radical (unpaired) electrons. The zero-order valence-electron chi connectivity index (χ0n) is 22.2. The summed E-state index contributed by atoms with van der Waals surface area (Å²) < 4.78 is 2.75. The number of carboxylic acids is 3. The Labute approximate surface area is 216 Å². The number of aromatic carboxylic acids is 3. The lowest BCUT2D eigenvalue weighted by Gasteiger charge is -2.12. The summed E-state index contributed by atoms with van der Waals surface area (Å²) in [5, 5.41) is 39.7. The Morgan fingerprint density at radius 1 is 0.842 bits per heavy atom. The van der Waals surface area contributed by atoms with Crippen LogP contribution in [0.3, 0.4) is 0 Å². The molecule has 0 fully saturated rings. The second kappa shape index (κ2) is 9.55. The normalized spacial score (nSPS) is 11.2. The van der Waals surface area contributed by atoms with Crippen LogP contribution in [0.2, 0.25) is 0 Å². The van der Waals surface area contributed by atoms with Crippen LogP contribution in [-0.4, -0.2) is 62.4 Å². The molecule has 4 aromatic rings. The van der Waals surface area contributed by atoms with Crippen LogP contribution >= 0.6 is 0 Å². The fourth-order valence-electron chi connectivity index (χ4n) is 4.02. The molecule has 0 aromatic carbocycles. The van der Waals surface area contributed by atoms with Gasteiger partial charge in [-0.15, -0.1) is 10.2 Å². The number of aryl methyl sites for hydroxylation is 1. The monoisotopic (exact) mass is 521 g/mol. The van der Waals surface area contributed by atoms with E-state index in [2.05, 4.69) is 45.9 Å². The lowest BCUT2D eigenvalue weighted by molar-refractivity contribution is 0.0652. The molecule has 4 heterocycles. The van der Waals surface area contributed by atoms with E-state index in [0.29, 0.717) is 11.3 Å². The fraction of sp³-hybridized carbons (Fsp3) is 0.360. The van der Waals surface area contributed by atoms with Gasteiger partial charge >= 0.3 is 17.9 Å². The number of fused-ring (bicyclic) bond motifs is 2. The highest BCUT2D eigenvalue weighted by Crippen LogP contribution is 2.24. The molecule has 13 nitrogen and oxygen atoms in total. The SMILES string of the molecule is CC(C)=c1c(C(=O)O)c(C(=O)O)c2nnc(C(=O)O)n12.[C-]#[N+]c1c(C)c2nc(C(C)(C)C)nn2c1=C(C)C. The van der Waals surface area contributed by atoms with Gasteiger partial charge in [-0.25, -0.2) is 28.7 Å². The number of carbonyl (C=O) groups is 3. The van der Waals surface area contributed by atoms with Crippen LogP contribution < -0.4 is 10.7 Å². The standard InChI is InChI=1S/C14H18N4.C11H9N3O6/c1-8(2)11-10(15-7)9(3)12-16-13(14(4,5)6)17-18(11)12;1-3(2)6-4(9(15)16)5(10(17)18)7-12-13-8(11(19)20)14(6)7/h1-6H3;1-2H3,(H,15,16)(H,17,18)(H,19,20). The highest BCUT2D eigenvalue weighted by Gasteiger charge is 2.30. The Balaban J connectivity index is 0.000000212. The van der Waals surface area contributed by atoms with E-state index in [9.17, 15) is 19.5 Å². The van der Waals surface area contributed by atoms with Crippen LogP contribution in [0.4, 0.5) is 5.69 Å². The molecule has 4 rings (SSSR count). The predicted molar refractivity (Wildman–Crippen MR) is 136 cm³/mol. The molecule has 0 aliphatic heterocycles. The van der Waals surface area contributed by atoms with Crippen LogP contribution in [-0.2, 0) is 5.41 Å². The zero-order valence-corrected chi connectivity index (χ0v) is 22.2. The number of hydrogen-bond acceptors (Lipinski definition) is 7. The molecular formula is C25H27N7O6. The van der Waals surface area contributed by atoms with Crippen LogP contribution in [0.5, 0.6) is 0 Å². The second-order valence-electron chi connectivity index (χ2n) is 10.1. The molecule has 0 bridgehead atoms. The molecule has 198 valence electrons. The number of nitrogens with zero attached hydrogens (tertiary/aromatic N) is 7. The third-order valence-corrected chi connectivity index (χ3v) is 5.68. The maximum absolute atomic E-state index is 11.3. The summed E-state index contributed by atoms with van der Waals surface area (Å²) in [6.45, 7) is 22.6. The molecule has 0 saturated carbocycles. The molecule has 0 spiro atoms. The van der Waals surface area contributed by atoms with E-state index in [4.69, 9.17) is 16.8 Å². The number of aromatic nitrogens is 6. The highest BCUT2D eigenvalue weighted by molar-refractivity contribution is 6.07. The Morgan fingerprint density at radius 2 is 1.39 bits per heavy atom. The van der Waals surface area contributed by atoms with Gasteiger partial charge < -0.3 is 15.3 Å². The van der Waals surface area contributed by atoms with E-state index in [0.717, 1.165) is 32.4 Å². The van der Waals surface area contributed by atoms with Gasteiger partial charge in [-0.3, -0.25) is 4.40 Å². The molecule has 38 heavy (non-hydrogen) atoms. The van der Waals surface area contributed by atoms with Crippen molar-refractivity contribution in [1.82, 2.24) is 29.2 Å². The smallest absolute Gasteiger partial charge is 0.374 e. The Hall–Kier alpha value is -4.86. The molecule has 0 saturated heterocycles. The third kappa shape index (κ3) is 4.40. The second-order valence-corrected chi connectivity index (χ2v) is 10.1. The van der Waals surface area contributed by atoms with Crippen molar-refractivity contribution in [2.75, 3.05) is 0 Å². The van der Waals surface area contributed by atoms with Crippen molar-refractivity contribution in [3.63, 3.8) is 0 Å². The minimum atomic E-state index is -1.51. The summed E-state index contributed by atoms with van der Waals surface area (Å²) in [5.74, 6) is -4.13. The summed E-state index contributed by atoms with van der Waals surface area (Å²) in [7, 11) is 0. The molecule has 3 N–H and O–H groups in total. The van der Waals surface area contributed by atoms with Crippen molar-refractivity contribution in [2.45, 2.75) is 60.8 Å². The van der Waals surface area contributed by atoms with Crippen LogP contribution in [0, 0.1) is 13.5 Å². The molecule has 4 aromatic heterocycles. The summed E-state index contributed by atoms with van der Waals surface area (Å²) in [4.78, 5) is 41.9. The van der Waals surface area contributed by atoms with Crippen molar-refractivity contribution in [2.24, 2.45) is 0 Å². The Kier molecular flexibility index (Phi) is 6.96. The fourth-order valence-corrected chi connectivity index (χ4v) is 4.02. The molecule has 0 atom stereocenters. The maximum Gasteiger partial charge on any atom is 0.374 e. The first-order chi connectivity index (χ1) is 17.5. The average molecular weight is 522 g/mol. The topological polar surface area (TPSA) is 177 Å². The van der Waals surface area contributed by atoms with E-state index in [1.54, 1.807) is 13.8 Å². The minimum absolute atomic E-state index is 0.0349. The summed E-state index contributed by atoms with van der Waals surface area (Å²) >= 11 is 0. The number of rotatable bonds is 3. The quantitative estimate of drug-likeness (QED) is 0.339. The molecule has 0 aliphatic rings. The lowest BCUT2D eigenvalue weighted by Crippen LogP contribution is -2.23. The third-order valence-electron chi connectivity index (χ3n) is 5.68. The molecule has 0 aliphatic carbocycles. The van der Waals surface area contributed by atoms with Crippen molar-refractivity contribution >= 4 is 46.0 Å². The summed E-state index contributed by atoms with van der Waals surface area (Å²) in [6, 6.07) is 0.